The van der Waals surface area contributed by atoms with Crippen molar-refractivity contribution in [2.24, 2.45) is 40.7 Å². The van der Waals surface area contributed by atoms with Crippen molar-refractivity contribution in [1.29, 1.82) is 5.41 Å². The van der Waals surface area contributed by atoms with E-state index in [4.69, 9.17) is 28.3 Å². The molecule has 0 aliphatic carbocycles. The van der Waals surface area contributed by atoms with Gasteiger partial charge in [-0.1, -0.05) is 65.8 Å². The predicted octanol–water partition coefficient (Wildman–Crippen LogP) is -8.92. The zero-order valence-corrected chi connectivity index (χ0v) is 65.1. The summed E-state index contributed by atoms with van der Waals surface area (Å²) in [5.74, 6) is -25.1. The molecule has 2 aromatic rings. The molecule has 644 valence electrons. The number of aliphatic carboxylic acids is 3. The number of aliphatic hydroxyl groups is 3. The maximum Gasteiger partial charge on any atom is 0.326 e. The van der Waals surface area contributed by atoms with Gasteiger partial charge in [0, 0.05) is 19.4 Å². The van der Waals surface area contributed by atoms with E-state index in [0.29, 0.717) is 11.1 Å². The molecule has 0 aliphatic rings. The van der Waals surface area contributed by atoms with E-state index in [1.807, 2.05) is 0 Å². The molecule has 0 aromatic heterocycles. The van der Waals surface area contributed by atoms with E-state index in [1.54, 1.807) is 27.7 Å². The number of hydrogen-bond donors (Lipinski definition) is 27. The predicted molar refractivity (Wildman–Crippen MR) is 406 cm³/mol. The number of nitrogens with two attached hydrogens (primary N) is 4. The quantitative estimate of drug-likeness (QED) is 0.0166. The van der Waals surface area contributed by atoms with E-state index in [-0.39, 0.29) is 62.5 Å². The molecule has 31 N–H and O–H groups in total. The van der Waals surface area contributed by atoms with Crippen LogP contribution in [0.2, 0.25) is 0 Å². The normalized spacial score (nSPS) is 15.0. The average Bonchev–Trinajstić information content (AvgIpc) is 0.854. The van der Waals surface area contributed by atoms with Gasteiger partial charge < -0.3 is 138 Å². The van der Waals surface area contributed by atoms with Crippen LogP contribution in [0.15, 0.2) is 48.5 Å². The Balaban J connectivity index is 2.38. The first kappa shape index (κ1) is 99.7. The molecule has 15 amide bonds. The van der Waals surface area contributed by atoms with Gasteiger partial charge >= 0.3 is 17.9 Å². The maximum absolute atomic E-state index is 14.2. The van der Waals surface area contributed by atoms with E-state index in [9.17, 15) is 127 Å². The van der Waals surface area contributed by atoms with Crippen molar-refractivity contribution in [3.8, 4) is 11.5 Å². The van der Waals surface area contributed by atoms with E-state index in [2.05, 4.69) is 74.4 Å². The van der Waals surface area contributed by atoms with Crippen LogP contribution in [0.5, 0.6) is 11.5 Å². The Morgan fingerprint density at radius 1 is 0.388 bits per heavy atom. The molecule has 45 heteroatoms. The molecule has 2 rings (SSSR count). The summed E-state index contributed by atoms with van der Waals surface area (Å²) in [4.78, 5) is 240. The van der Waals surface area contributed by atoms with Crippen LogP contribution >= 0.6 is 0 Å². The molecule has 0 radical (unpaired) electrons. The highest BCUT2D eigenvalue weighted by atomic mass is 16.4. The van der Waals surface area contributed by atoms with Gasteiger partial charge in [0.05, 0.1) is 44.6 Å². The highest BCUT2D eigenvalue weighted by molar-refractivity contribution is 6.01. The van der Waals surface area contributed by atoms with E-state index in [1.165, 1.54) is 62.4 Å². The SMILES string of the molecule is CC(C)C[C@H](NC(=O)[C@H](CO)NC(=O)[C@H](CC(C)C)NC(=O)[C@H](CC(N)=O)NC(=O)[C@H](CCCNC(=N)N)NC(=O)[C@H](CO)NC(=O)[C@H](C)NC(=O)[C@@H](NC(=O)[C@@H](NC(=O)[C@H](CCC(=O)O)NC(=O)[C@H](CC(=O)O)NC(=O)[C@H](Cc1ccc(O)cc1)NC(=O)[C@@H](N)Cc1ccc(O)cc1)[C@@H](C)O)C(C)C)C(=O)N[C@@H](CC(N)=O)C(=O)O. The van der Waals surface area contributed by atoms with Crippen LogP contribution in [0.4, 0.5) is 0 Å². The van der Waals surface area contributed by atoms with Gasteiger partial charge in [-0.15, -0.1) is 0 Å². The van der Waals surface area contributed by atoms with Crippen LogP contribution in [0.3, 0.4) is 0 Å². The summed E-state index contributed by atoms with van der Waals surface area (Å²) in [6.07, 6.45) is -7.70. The minimum atomic E-state index is -2.08. The number of carbonyl (C=O) groups excluding carboxylic acids is 15. The van der Waals surface area contributed by atoms with Crippen molar-refractivity contribution in [2.75, 3.05) is 19.8 Å². The lowest BCUT2D eigenvalue weighted by atomic mass is 10.0. The minimum Gasteiger partial charge on any atom is -0.508 e. The number of guanidine groups is 1. The van der Waals surface area contributed by atoms with Gasteiger partial charge in [0.2, 0.25) is 88.6 Å². The smallest absolute Gasteiger partial charge is 0.326 e. The summed E-state index contributed by atoms with van der Waals surface area (Å²) in [7, 11) is 0. The van der Waals surface area contributed by atoms with Crippen molar-refractivity contribution in [1.82, 2.24) is 74.4 Å². The maximum atomic E-state index is 14.2. The van der Waals surface area contributed by atoms with Gasteiger partial charge in [0.15, 0.2) is 5.96 Å². The molecule has 0 unspecified atom stereocenters. The Kier molecular flexibility index (Phi) is 42.4. The summed E-state index contributed by atoms with van der Waals surface area (Å²) in [5, 5.41) is 120. The molecule has 2 aromatic carbocycles. The van der Waals surface area contributed by atoms with Crippen LogP contribution in [0.25, 0.3) is 0 Å². The van der Waals surface area contributed by atoms with Gasteiger partial charge in [-0.05, 0) is 106 Å². The summed E-state index contributed by atoms with van der Waals surface area (Å²) in [6, 6.07) is -13.8. The number of primary amides is 2. The van der Waals surface area contributed by atoms with Crippen LogP contribution in [-0.2, 0) is 99.1 Å². The van der Waals surface area contributed by atoms with Crippen molar-refractivity contribution in [3.63, 3.8) is 0 Å². The lowest BCUT2D eigenvalue weighted by molar-refractivity contribution is -0.144. The number of rotatable bonds is 52. The highest BCUT2D eigenvalue weighted by Gasteiger charge is 2.40. The first-order valence-electron chi connectivity index (χ1n) is 36.6. The van der Waals surface area contributed by atoms with Crippen molar-refractivity contribution < 1.29 is 127 Å². The van der Waals surface area contributed by atoms with Crippen LogP contribution in [0, 0.1) is 23.2 Å². The van der Waals surface area contributed by atoms with Crippen molar-refractivity contribution >= 4 is 112 Å². The second-order valence-electron chi connectivity index (χ2n) is 28.5. The van der Waals surface area contributed by atoms with E-state index < -0.39 is 260 Å². The van der Waals surface area contributed by atoms with Crippen LogP contribution in [0.1, 0.15) is 124 Å². The zero-order valence-electron chi connectivity index (χ0n) is 65.1. The van der Waals surface area contributed by atoms with Gasteiger partial charge in [-0.2, -0.15) is 0 Å². The number of amides is 15. The molecule has 0 bridgehead atoms. The first-order chi connectivity index (χ1) is 54.2. The zero-order chi connectivity index (χ0) is 88.1. The number of aromatic hydroxyl groups is 2. The molecule has 15 atom stereocenters. The van der Waals surface area contributed by atoms with E-state index >= 15 is 0 Å². The number of hydrogen-bond acceptors (Lipinski definition) is 25. The molecule has 0 aliphatic heterocycles. The average molecular weight is 1640 g/mol. The van der Waals surface area contributed by atoms with E-state index in [0.717, 1.165) is 13.8 Å². The Hall–Kier alpha value is -12.4. The number of aliphatic hydroxyl groups excluding tert-OH is 3. The van der Waals surface area contributed by atoms with Crippen molar-refractivity contribution in [3.05, 3.63) is 59.7 Å². The van der Waals surface area contributed by atoms with Gasteiger partial charge in [0.1, 0.15) is 90.0 Å². The number of carboxylic acid groups (broad SMARTS) is 3. The number of phenolic OH excluding ortho intramolecular Hbond substituents is 2. The molecular formula is C71H109N19O26. The Bertz CT molecular complexity index is 3790. The van der Waals surface area contributed by atoms with Gasteiger partial charge in [0.25, 0.3) is 0 Å². The number of carboxylic acids is 3. The summed E-state index contributed by atoms with van der Waals surface area (Å²) in [6.45, 7) is 8.99. The second kappa shape index (κ2) is 49.3. The Morgan fingerprint density at radius 2 is 0.741 bits per heavy atom. The number of benzene rings is 2. The summed E-state index contributed by atoms with van der Waals surface area (Å²) >= 11 is 0. The minimum absolute atomic E-state index is 0.0738. The molecular weight excluding hydrogens is 1530 g/mol. The largest absolute Gasteiger partial charge is 0.508 e. The van der Waals surface area contributed by atoms with Gasteiger partial charge in [-0.3, -0.25) is 86.9 Å². The molecule has 0 saturated carbocycles. The third-order valence-corrected chi connectivity index (χ3v) is 17.1. The number of carbonyl (C=O) groups is 18. The third-order valence-electron chi connectivity index (χ3n) is 17.1. The van der Waals surface area contributed by atoms with Gasteiger partial charge in [-0.25, -0.2) is 4.79 Å². The first-order valence-corrected chi connectivity index (χ1v) is 36.6. The third kappa shape index (κ3) is 36.6. The van der Waals surface area contributed by atoms with Crippen LogP contribution in [-0.4, -0.2) is 264 Å². The number of phenols is 2. The summed E-state index contributed by atoms with van der Waals surface area (Å²) in [5.41, 5.74) is 23.0. The lowest BCUT2D eigenvalue weighted by Crippen LogP contribution is -2.62. The lowest BCUT2D eigenvalue weighted by Gasteiger charge is -2.29. The fourth-order valence-corrected chi connectivity index (χ4v) is 10.9. The fourth-order valence-electron chi connectivity index (χ4n) is 10.9. The second-order valence-corrected chi connectivity index (χ2v) is 28.5. The van der Waals surface area contributed by atoms with Crippen molar-refractivity contribution in [2.45, 2.75) is 217 Å². The molecule has 0 saturated heterocycles. The Labute approximate surface area is 665 Å². The molecule has 0 fully saturated rings. The molecule has 0 heterocycles. The fraction of sp³-hybridized carbons (Fsp3) is 0.563. The number of nitrogens with one attached hydrogen (secondary N) is 15. The standard InChI is InChI=1S/C71H109N19O26/c1-31(2)22-43(61(106)86-48(70(115)116)27-52(74)97)83-67(112)50(30-92)88-62(107)44(23-32(3)4)82-64(109)46(26-51(73)96)84-59(104)41(10-9-21-77-71(75)76)79-66(111)49(29-91)87-57(102)34(7)78-68(113)55(33(5)6)89-69(114)56(35(8)93)90-60(105)42(19-20-53(98)99)80-65(110)47(28-54(100)101)85-63(108)45(25-37-13-17-39(95)18-14-37)81-58(103)40(72)24-36-11-15-38(94)16-12-36/h11-18,31-35,40-50,55-56,91-95H,9-10,19-30,72H2,1-8H3,(H2,73,96)(H2,74,97)(H,78,113)(H,79,111)(H,80,110)(H,81,103)(H,82,109)(H,83,112)(H,84,104)(H,85,108)(H,86,106)(H,87,102)(H,88,107)(H,89,114)(H,90,105)(H,98,99)(H,100,101)(H,115,116)(H4,75,76,77)/t34-,35+,40-,41-,42-,43-,44-,45-,46-,47-,48-,49-,50-,55-,56-/m0/s1. The Morgan fingerprint density at radius 3 is 1.16 bits per heavy atom. The molecule has 0 spiro atoms. The monoisotopic (exact) mass is 1640 g/mol. The van der Waals surface area contributed by atoms with Crippen LogP contribution < -0.4 is 97.4 Å². The topological polar surface area (TPSA) is 765 Å². The molecule has 116 heavy (non-hydrogen) atoms. The molecule has 45 nitrogen and oxygen atoms in total. The highest BCUT2D eigenvalue weighted by Crippen LogP contribution is 2.17. The summed E-state index contributed by atoms with van der Waals surface area (Å²) < 4.78 is 0.